The quantitative estimate of drug-likeness (QED) is 0.628. The van der Waals surface area contributed by atoms with Crippen molar-refractivity contribution in [3.63, 3.8) is 0 Å². The molecule has 6 nitrogen and oxygen atoms in total. The molecule has 0 saturated heterocycles. The maximum absolute atomic E-state index is 12.1. The van der Waals surface area contributed by atoms with Crippen molar-refractivity contribution in [3.05, 3.63) is 59.7 Å². The Morgan fingerprint density at radius 2 is 1.57 bits per heavy atom. The highest BCUT2D eigenvalue weighted by atomic mass is 32.2. The Balaban J connectivity index is 2.18. The first-order valence-corrected chi connectivity index (χ1v) is 8.41. The highest BCUT2D eigenvalue weighted by Crippen LogP contribution is 2.17. The number of hydrogen-bond acceptors (Lipinski definition) is 6. The second-order valence-electron chi connectivity index (χ2n) is 4.71. The summed E-state index contributed by atoms with van der Waals surface area (Å²) >= 11 is 0. The van der Waals surface area contributed by atoms with Gasteiger partial charge in [0.15, 0.2) is 9.84 Å². The summed E-state index contributed by atoms with van der Waals surface area (Å²) in [6.45, 7) is 0. The third-order valence-electron chi connectivity index (χ3n) is 2.98. The predicted octanol–water partition coefficient (Wildman–Crippen LogP) is 2.10. The average molecular weight is 334 g/mol. The molecule has 0 unspecified atom stereocenters. The lowest BCUT2D eigenvalue weighted by Crippen LogP contribution is -2.10. The molecular formula is C16H14O6S. The van der Waals surface area contributed by atoms with Gasteiger partial charge in [0.1, 0.15) is 5.75 Å². The summed E-state index contributed by atoms with van der Waals surface area (Å²) in [5.74, 6) is -0.961. The van der Waals surface area contributed by atoms with Gasteiger partial charge >= 0.3 is 11.9 Å². The van der Waals surface area contributed by atoms with E-state index in [0.29, 0.717) is 5.56 Å². The molecule has 7 heteroatoms. The largest absolute Gasteiger partial charge is 0.465 e. The first-order chi connectivity index (χ1) is 10.8. The maximum atomic E-state index is 12.1. The number of methoxy groups -OCH3 is 1. The Morgan fingerprint density at radius 1 is 0.913 bits per heavy atom. The Kier molecular flexibility index (Phi) is 4.80. The number of carbonyl (C=O) groups excluding carboxylic acids is 2. The molecule has 0 radical (unpaired) electrons. The Bertz CT molecular complexity index is 837. The lowest BCUT2D eigenvalue weighted by atomic mass is 10.2. The Hall–Kier alpha value is -2.67. The minimum atomic E-state index is -3.41. The van der Waals surface area contributed by atoms with Crippen LogP contribution in [-0.4, -0.2) is 33.7 Å². The topological polar surface area (TPSA) is 86.7 Å². The molecule has 0 N–H and O–H groups in total. The van der Waals surface area contributed by atoms with Gasteiger partial charge in [-0.3, -0.25) is 0 Å². The molecule has 0 fully saturated rings. The Labute approximate surface area is 133 Å². The molecule has 0 heterocycles. The van der Waals surface area contributed by atoms with Crippen LogP contribution in [0.5, 0.6) is 5.75 Å². The predicted molar refractivity (Wildman–Crippen MR) is 82.3 cm³/mol. The molecular weight excluding hydrogens is 320 g/mol. The molecule has 0 aromatic heterocycles. The summed E-state index contributed by atoms with van der Waals surface area (Å²) in [5, 5.41) is 0. The second kappa shape index (κ2) is 6.62. The van der Waals surface area contributed by atoms with Crippen molar-refractivity contribution in [1.82, 2.24) is 0 Å². The summed E-state index contributed by atoms with van der Waals surface area (Å²) in [6.07, 6.45) is 1.06. The first kappa shape index (κ1) is 16.7. The molecule has 0 aliphatic carbocycles. The molecule has 0 saturated carbocycles. The summed E-state index contributed by atoms with van der Waals surface area (Å²) in [5.41, 5.74) is 0.441. The maximum Gasteiger partial charge on any atom is 0.343 e. The van der Waals surface area contributed by atoms with Crippen LogP contribution in [0.2, 0.25) is 0 Å². The van der Waals surface area contributed by atoms with Crippen LogP contribution >= 0.6 is 0 Å². The van der Waals surface area contributed by atoms with E-state index in [2.05, 4.69) is 4.74 Å². The van der Waals surface area contributed by atoms with Crippen molar-refractivity contribution in [2.45, 2.75) is 4.90 Å². The number of hydrogen-bond donors (Lipinski definition) is 0. The number of rotatable bonds is 4. The monoisotopic (exact) mass is 334 g/mol. The van der Waals surface area contributed by atoms with Gasteiger partial charge < -0.3 is 9.47 Å². The van der Waals surface area contributed by atoms with Gasteiger partial charge in [-0.2, -0.15) is 0 Å². The molecule has 23 heavy (non-hydrogen) atoms. The third kappa shape index (κ3) is 4.17. The zero-order chi connectivity index (χ0) is 17.0. The zero-order valence-corrected chi connectivity index (χ0v) is 13.3. The van der Waals surface area contributed by atoms with Crippen LogP contribution < -0.4 is 4.74 Å². The Morgan fingerprint density at radius 3 is 2.13 bits per heavy atom. The lowest BCUT2D eigenvalue weighted by Gasteiger charge is -2.06. The number of esters is 2. The molecule has 0 aliphatic rings. The lowest BCUT2D eigenvalue weighted by molar-refractivity contribution is 0.0600. The van der Waals surface area contributed by atoms with Crippen molar-refractivity contribution in [2.24, 2.45) is 0 Å². The van der Waals surface area contributed by atoms with Gasteiger partial charge in [-0.25, -0.2) is 18.0 Å². The highest BCUT2D eigenvalue weighted by molar-refractivity contribution is 7.90. The molecule has 2 aromatic carbocycles. The van der Waals surface area contributed by atoms with E-state index in [4.69, 9.17) is 4.74 Å². The van der Waals surface area contributed by atoms with Crippen LogP contribution in [0.3, 0.4) is 0 Å². The van der Waals surface area contributed by atoms with Crippen molar-refractivity contribution in [3.8, 4) is 5.75 Å². The molecule has 120 valence electrons. The summed E-state index contributed by atoms with van der Waals surface area (Å²) in [6, 6.07) is 11.4. The van der Waals surface area contributed by atoms with E-state index in [0.717, 1.165) is 6.26 Å². The SMILES string of the molecule is COC(=O)c1ccc(OC(=O)c2cccc(S(C)(=O)=O)c2)cc1. The molecule has 2 aromatic rings. The number of benzene rings is 2. The van der Waals surface area contributed by atoms with Gasteiger partial charge in [-0.05, 0) is 42.5 Å². The van der Waals surface area contributed by atoms with E-state index in [9.17, 15) is 18.0 Å². The van der Waals surface area contributed by atoms with Crippen LogP contribution in [0.15, 0.2) is 53.4 Å². The minimum absolute atomic E-state index is 0.0352. The van der Waals surface area contributed by atoms with E-state index in [-0.39, 0.29) is 16.2 Å². The van der Waals surface area contributed by atoms with Crippen molar-refractivity contribution < 1.29 is 27.5 Å². The van der Waals surface area contributed by atoms with Gasteiger partial charge in [0.05, 0.1) is 23.1 Å². The van der Waals surface area contributed by atoms with Crippen LogP contribution in [-0.2, 0) is 14.6 Å². The summed E-state index contributed by atoms with van der Waals surface area (Å²) in [7, 11) is -2.14. The fourth-order valence-electron chi connectivity index (χ4n) is 1.80. The van der Waals surface area contributed by atoms with E-state index in [1.54, 1.807) is 0 Å². The zero-order valence-electron chi connectivity index (χ0n) is 12.5. The summed E-state index contributed by atoms with van der Waals surface area (Å²) in [4.78, 5) is 23.4. The van der Waals surface area contributed by atoms with Crippen LogP contribution in [0.1, 0.15) is 20.7 Å². The van der Waals surface area contributed by atoms with Crippen molar-refractivity contribution in [2.75, 3.05) is 13.4 Å². The number of sulfone groups is 1. The van der Waals surface area contributed by atoms with Gasteiger partial charge in [0.2, 0.25) is 0 Å². The number of ether oxygens (including phenoxy) is 2. The highest BCUT2D eigenvalue weighted by Gasteiger charge is 2.14. The fraction of sp³-hybridized carbons (Fsp3) is 0.125. The smallest absolute Gasteiger partial charge is 0.343 e. The van der Waals surface area contributed by atoms with Gasteiger partial charge in [-0.1, -0.05) is 6.07 Å². The van der Waals surface area contributed by atoms with Crippen LogP contribution in [0.25, 0.3) is 0 Å². The fourth-order valence-corrected chi connectivity index (χ4v) is 2.46. The van der Waals surface area contributed by atoms with Crippen LogP contribution in [0, 0.1) is 0 Å². The van der Waals surface area contributed by atoms with Gasteiger partial charge in [0.25, 0.3) is 0 Å². The van der Waals surface area contributed by atoms with E-state index < -0.39 is 21.8 Å². The second-order valence-corrected chi connectivity index (χ2v) is 6.72. The average Bonchev–Trinajstić information content (AvgIpc) is 2.54. The van der Waals surface area contributed by atoms with Gasteiger partial charge in [-0.15, -0.1) is 0 Å². The number of carbonyl (C=O) groups is 2. The minimum Gasteiger partial charge on any atom is -0.465 e. The van der Waals surface area contributed by atoms with Crippen molar-refractivity contribution >= 4 is 21.8 Å². The summed E-state index contributed by atoms with van der Waals surface area (Å²) < 4.78 is 32.7. The molecule has 2 rings (SSSR count). The first-order valence-electron chi connectivity index (χ1n) is 6.52. The van der Waals surface area contributed by atoms with Gasteiger partial charge in [0, 0.05) is 6.26 Å². The molecule has 0 bridgehead atoms. The molecule has 0 amide bonds. The molecule has 0 aliphatic heterocycles. The molecule has 0 atom stereocenters. The van der Waals surface area contributed by atoms with E-state index in [1.807, 2.05) is 0 Å². The van der Waals surface area contributed by atoms with Crippen LogP contribution in [0.4, 0.5) is 0 Å². The molecule has 0 spiro atoms. The van der Waals surface area contributed by atoms with E-state index in [1.165, 1.54) is 55.6 Å². The van der Waals surface area contributed by atoms with Crippen molar-refractivity contribution in [1.29, 1.82) is 0 Å². The third-order valence-corrected chi connectivity index (χ3v) is 4.09. The van der Waals surface area contributed by atoms with E-state index >= 15 is 0 Å². The standard InChI is InChI=1S/C16H14O6S/c1-21-15(17)11-6-8-13(9-7-11)22-16(18)12-4-3-5-14(10-12)23(2,19)20/h3-10H,1-2H3. The normalized spacial score (nSPS) is 10.9.